The van der Waals surface area contributed by atoms with Gasteiger partial charge >= 0.3 is 23.9 Å². The molecule has 10 nitrogen and oxygen atoms in total. The molecule has 2 atom stereocenters. The molecule has 6 N–H and O–H groups in total. The average molecular weight is 337 g/mol. The zero-order valence-electron chi connectivity index (χ0n) is 12.2. The van der Waals surface area contributed by atoms with Crippen molar-refractivity contribution in [1.29, 1.82) is 0 Å². The van der Waals surface area contributed by atoms with E-state index >= 15 is 0 Å². The summed E-state index contributed by atoms with van der Waals surface area (Å²) in [6.45, 7) is 0.0504. The van der Waals surface area contributed by atoms with Crippen LogP contribution >= 0.6 is 0 Å². The molecule has 0 bridgehead atoms. The van der Waals surface area contributed by atoms with Crippen molar-refractivity contribution in [3.8, 4) is 0 Å². The number of carbonyl (C=O) groups is 4. The summed E-state index contributed by atoms with van der Waals surface area (Å²) >= 11 is 0. The number of carbonyl (C=O) groups excluding carboxylic acids is 1. The normalized spacial score (nSPS) is 12.9. The van der Waals surface area contributed by atoms with Crippen LogP contribution in [-0.4, -0.2) is 57.9 Å². The molecule has 0 fully saturated rings. The molecule has 0 saturated carbocycles. The minimum Gasteiger partial charge on any atom is -0.481 e. The molecular weight excluding hydrogens is 317 g/mol. The smallest absolute Gasteiger partial charge is 0.326 e. The summed E-state index contributed by atoms with van der Waals surface area (Å²) in [6, 6.07) is -3.74. The third kappa shape index (κ3) is 10.0. The number of carboxylic acid groups (broad SMARTS) is 3. The number of unbranched alkanes of at least 4 members (excludes halogenated alkanes) is 1. The molecule has 11 heteroatoms. The average Bonchev–Trinajstić information content (AvgIpc) is 2.45. The van der Waals surface area contributed by atoms with Crippen LogP contribution in [0.25, 0.3) is 0 Å². The molecular formula is C12H20FN3O7. The number of nitrogens with one attached hydrogen (secondary N) is 3. The van der Waals surface area contributed by atoms with E-state index in [9.17, 15) is 23.7 Å². The van der Waals surface area contributed by atoms with Crippen molar-refractivity contribution in [2.24, 2.45) is 0 Å². The van der Waals surface area contributed by atoms with E-state index in [1.165, 1.54) is 5.54 Å². The fourth-order valence-corrected chi connectivity index (χ4v) is 1.68. The largest absolute Gasteiger partial charge is 0.481 e. The van der Waals surface area contributed by atoms with Crippen LogP contribution in [0.3, 0.4) is 0 Å². The van der Waals surface area contributed by atoms with Gasteiger partial charge in [0.1, 0.15) is 12.1 Å². The minimum absolute atomic E-state index is 0.0390. The SMILES string of the molecule is O=C(O)CCC(NC(=O)NC(CCCCNF)C(=O)O)C(=O)O. The van der Waals surface area contributed by atoms with Crippen LogP contribution < -0.4 is 16.2 Å². The Morgan fingerprint density at radius 2 is 1.39 bits per heavy atom. The van der Waals surface area contributed by atoms with Gasteiger partial charge in [-0.05, 0) is 25.7 Å². The standard InChI is InChI=1S/C12H20FN3O7/c13-14-6-2-1-3-7(10(19)20)15-12(23)16-8(11(21)22)4-5-9(17)18/h7-8,14H,1-6H2,(H,17,18)(H,19,20)(H,21,22)(H2,15,16,23). The lowest BCUT2D eigenvalue weighted by atomic mass is 10.1. The van der Waals surface area contributed by atoms with E-state index in [0.717, 1.165) is 0 Å². The van der Waals surface area contributed by atoms with Crippen LogP contribution in [0, 0.1) is 0 Å². The molecule has 0 aromatic carbocycles. The van der Waals surface area contributed by atoms with Crippen LogP contribution in [0.4, 0.5) is 9.28 Å². The molecule has 2 unspecified atom stereocenters. The van der Waals surface area contributed by atoms with Gasteiger partial charge in [-0.1, -0.05) is 0 Å². The minimum atomic E-state index is -1.45. The first kappa shape index (κ1) is 20.6. The highest BCUT2D eigenvalue weighted by Gasteiger charge is 2.24. The zero-order valence-corrected chi connectivity index (χ0v) is 12.2. The number of carboxylic acids is 3. The van der Waals surface area contributed by atoms with Gasteiger partial charge in [0.05, 0.1) is 0 Å². The van der Waals surface area contributed by atoms with E-state index in [1.807, 2.05) is 5.32 Å². The fraction of sp³-hybridized carbons (Fsp3) is 0.667. The lowest BCUT2D eigenvalue weighted by molar-refractivity contribution is -0.140. The van der Waals surface area contributed by atoms with Gasteiger partial charge in [-0.15, -0.1) is 4.48 Å². The van der Waals surface area contributed by atoms with E-state index in [1.54, 1.807) is 0 Å². The fourth-order valence-electron chi connectivity index (χ4n) is 1.68. The second-order valence-corrected chi connectivity index (χ2v) is 4.71. The van der Waals surface area contributed by atoms with Crippen molar-refractivity contribution >= 4 is 23.9 Å². The Bertz CT molecular complexity index is 433. The van der Waals surface area contributed by atoms with Gasteiger partial charge in [0, 0.05) is 13.0 Å². The van der Waals surface area contributed by atoms with Gasteiger partial charge in [0.15, 0.2) is 0 Å². The number of rotatable bonds is 12. The van der Waals surface area contributed by atoms with Gasteiger partial charge in [-0.2, -0.15) is 5.54 Å². The van der Waals surface area contributed by atoms with Crippen molar-refractivity contribution in [2.75, 3.05) is 6.54 Å². The van der Waals surface area contributed by atoms with Gasteiger partial charge in [-0.25, -0.2) is 14.4 Å². The van der Waals surface area contributed by atoms with Crippen molar-refractivity contribution in [1.82, 2.24) is 16.2 Å². The molecule has 0 radical (unpaired) electrons. The van der Waals surface area contributed by atoms with Crippen LogP contribution in [0.1, 0.15) is 32.1 Å². The van der Waals surface area contributed by atoms with E-state index in [2.05, 4.69) is 5.32 Å². The molecule has 0 saturated heterocycles. The quantitative estimate of drug-likeness (QED) is 0.209. The highest BCUT2D eigenvalue weighted by molar-refractivity contribution is 5.86. The Morgan fingerprint density at radius 1 is 0.870 bits per heavy atom. The van der Waals surface area contributed by atoms with Crippen molar-refractivity contribution in [3.05, 3.63) is 0 Å². The maximum Gasteiger partial charge on any atom is 0.326 e. The Hall–Kier alpha value is -2.43. The van der Waals surface area contributed by atoms with Crippen LogP contribution in [0.15, 0.2) is 0 Å². The second-order valence-electron chi connectivity index (χ2n) is 4.71. The number of hydrogen-bond donors (Lipinski definition) is 6. The van der Waals surface area contributed by atoms with Crippen molar-refractivity contribution in [2.45, 2.75) is 44.2 Å². The molecule has 0 aromatic heterocycles. The molecule has 0 heterocycles. The third-order valence-corrected chi connectivity index (χ3v) is 2.87. The maximum atomic E-state index is 11.7. The lowest BCUT2D eigenvalue weighted by Gasteiger charge is -2.18. The predicted molar refractivity (Wildman–Crippen MR) is 74.3 cm³/mol. The summed E-state index contributed by atoms with van der Waals surface area (Å²) in [4.78, 5) is 44.0. The Morgan fingerprint density at radius 3 is 1.83 bits per heavy atom. The molecule has 0 aliphatic heterocycles. The zero-order chi connectivity index (χ0) is 17.8. The summed E-state index contributed by atoms with van der Waals surface area (Å²) in [5.74, 6) is -3.96. The highest BCUT2D eigenvalue weighted by atomic mass is 19.2. The van der Waals surface area contributed by atoms with E-state index in [4.69, 9.17) is 15.3 Å². The number of hydrogen-bond acceptors (Lipinski definition) is 5. The van der Waals surface area contributed by atoms with E-state index < -0.39 is 42.4 Å². The van der Waals surface area contributed by atoms with Crippen LogP contribution in [0.5, 0.6) is 0 Å². The second kappa shape index (κ2) is 11.2. The molecule has 0 rings (SSSR count). The van der Waals surface area contributed by atoms with E-state index in [-0.39, 0.29) is 19.4 Å². The highest BCUT2D eigenvalue weighted by Crippen LogP contribution is 2.02. The summed E-state index contributed by atoms with van der Waals surface area (Å²) in [5.41, 5.74) is 1.41. The molecule has 0 spiro atoms. The Kier molecular flexibility index (Phi) is 10.00. The van der Waals surface area contributed by atoms with Gasteiger partial charge in [0.2, 0.25) is 0 Å². The van der Waals surface area contributed by atoms with Crippen molar-refractivity contribution in [3.63, 3.8) is 0 Å². The third-order valence-electron chi connectivity index (χ3n) is 2.87. The Labute approximate surface area is 131 Å². The monoisotopic (exact) mass is 337 g/mol. The number of halogens is 1. The molecule has 0 aliphatic carbocycles. The number of amides is 2. The van der Waals surface area contributed by atoms with Gasteiger partial charge in [-0.3, -0.25) is 4.79 Å². The maximum absolute atomic E-state index is 11.7. The summed E-state index contributed by atoms with van der Waals surface area (Å²) < 4.78 is 11.7. The molecule has 132 valence electrons. The Balaban J connectivity index is 4.44. The molecule has 0 aliphatic rings. The topological polar surface area (TPSA) is 165 Å². The summed E-state index contributed by atoms with van der Waals surface area (Å²) in [5, 5.41) is 30.5. The van der Waals surface area contributed by atoms with Crippen LogP contribution in [-0.2, 0) is 14.4 Å². The van der Waals surface area contributed by atoms with Crippen LogP contribution in [0.2, 0.25) is 0 Å². The first-order valence-electron chi connectivity index (χ1n) is 6.85. The molecule has 23 heavy (non-hydrogen) atoms. The molecule has 0 aromatic rings. The predicted octanol–water partition coefficient (Wildman–Crippen LogP) is -0.299. The molecule has 2 amide bonds. The van der Waals surface area contributed by atoms with Crippen molar-refractivity contribution < 1.29 is 39.0 Å². The number of urea groups is 1. The van der Waals surface area contributed by atoms with Gasteiger partial charge in [0.25, 0.3) is 0 Å². The van der Waals surface area contributed by atoms with E-state index in [0.29, 0.717) is 12.8 Å². The summed E-state index contributed by atoms with van der Waals surface area (Å²) in [6.07, 6.45) is -0.0688. The number of aliphatic carboxylic acids is 3. The first-order valence-corrected chi connectivity index (χ1v) is 6.85. The lowest BCUT2D eigenvalue weighted by Crippen LogP contribution is -2.51. The summed E-state index contributed by atoms with van der Waals surface area (Å²) in [7, 11) is 0. The first-order chi connectivity index (χ1) is 10.8. The van der Waals surface area contributed by atoms with Gasteiger partial charge < -0.3 is 26.0 Å².